The Labute approximate surface area is 144 Å². The molecule has 0 spiro atoms. The molecular weight excluding hydrogens is 333 g/mol. The maximum atomic E-state index is 12.6. The molecule has 0 aromatic heterocycles. The van der Waals surface area contributed by atoms with Crippen molar-refractivity contribution in [1.29, 1.82) is 0 Å². The molecule has 1 amide bonds. The second kappa shape index (κ2) is 8.53. The maximum absolute atomic E-state index is 12.6. The van der Waals surface area contributed by atoms with Gasteiger partial charge in [-0.2, -0.15) is 13.2 Å². The van der Waals surface area contributed by atoms with Crippen molar-refractivity contribution in [1.82, 2.24) is 5.32 Å². The fourth-order valence-electron chi connectivity index (χ4n) is 2.31. The lowest BCUT2D eigenvalue weighted by Crippen LogP contribution is -2.29. The first-order valence-electron chi connectivity index (χ1n) is 7.70. The van der Waals surface area contributed by atoms with Gasteiger partial charge in [0.15, 0.2) is 0 Å². The number of amides is 1. The molecule has 2 rings (SSSR count). The number of para-hydroxylation sites is 1. The van der Waals surface area contributed by atoms with Crippen molar-refractivity contribution in [3.05, 3.63) is 59.7 Å². The third-order valence-corrected chi connectivity index (χ3v) is 3.52. The van der Waals surface area contributed by atoms with Crippen LogP contribution in [0.2, 0.25) is 0 Å². The number of nitrogens with one attached hydrogen (secondary N) is 2. The normalized spacial score (nSPS) is 11.2. The van der Waals surface area contributed by atoms with Gasteiger partial charge in [-0.1, -0.05) is 24.3 Å². The smallest absolute Gasteiger partial charge is 0.416 e. The van der Waals surface area contributed by atoms with Gasteiger partial charge in [0, 0.05) is 5.69 Å². The van der Waals surface area contributed by atoms with Crippen LogP contribution < -0.4 is 15.4 Å². The molecule has 2 N–H and O–H groups in total. The number of alkyl halides is 3. The van der Waals surface area contributed by atoms with E-state index in [9.17, 15) is 18.0 Å². The van der Waals surface area contributed by atoms with E-state index in [4.69, 9.17) is 4.74 Å². The molecule has 2 aromatic carbocycles. The molecule has 0 saturated carbocycles. The van der Waals surface area contributed by atoms with Crippen molar-refractivity contribution < 1.29 is 22.7 Å². The van der Waals surface area contributed by atoms with E-state index in [0.717, 1.165) is 23.4 Å². The number of hydrogen-bond acceptors (Lipinski definition) is 3. The number of hydrogen-bond donors (Lipinski definition) is 2. The van der Waals surface area contributed by atoms with Gasteiger partial charge in [0.1, 0.15) is 5.75 Å². The molecule has 0 unspecified atom stereocenters. The van der Waals surface area contributed by atoms with E-state index in [1.165, 1.54) is 12.1 Å². The fraction of sp³-hybridized carbons (Fsp3) is 0.278. The molecule has 0 bridgehead atoms. The van der Waals surface area contributed by atoms with Crippen LogP contribution in [0.1, 0.15) is 11.1 Å². The highest BCUT2D eigenvalue weighted by Gasteiger charge is 2.30. The summed E-state index contributed by atoms with van der Waals surface area (Å²) in [5.74, 6) is 0.372. The van der Waals surface area contributed by atoms with E-state index >= 15 is 0 Å². The first-order chi connectivity index (χ1) is 11.9. The zero-order chi connectivity index (χ0) is 18.3. The van der Waals surface area contributed by atoms with Gasteiger partial charge >= 0.3 is 6.18 Å². The van der Waals surface area contributed by atoms with Crippen LogP contribution in [0.4, 0.5) is 18.9 Å². The standard InChI is InChI=1S/C18H19F3N2O2/c1-25-16-8-3-2-5-13(16)9-10-22-12-17(24)23-15-7-4-6-14(11-15)18(19,20)21/h2-8,11,22H,9-10,12H2,1H3,(H,23,24). The van der Waals surface area contributed by atoms with Crippen LogP contribution >= 0.6 is 0 Å². The maximum Gasteiger partial charge on any atom is 0.416 e. The van der Waals surface area contributed by atoms with Crippen molar-refractivity contribution in [2.45, 2.75) is 12.6 Å². The van der Waals surface area contributed by atoms with Gasteiger partial charge in [0.2, 0.25) is 5.91 Å². The zero-order valence-electron chi connectivity index (χ0n) is 13.7. The van der Waals surface area contributed by atoms with Crippen molar-refractivity contribution in [3.8, 4) is 5.75 Å². The molecule has 0 fully saturated rings. The Bertz CT molecular complexity index is 717. The van der Waals surface area contributed by atoms with Crippen LogP contribution in [0.15, 0.2) is 48.5 Å². The predicted molar refractivity (Wildman–Crippen MR) is 89.6 cm³/mol. The Morgan fingerprint density at radius 2 is 1.88 bits per heavy atom. The molecule has 0 aliphatic carbocycles. The van der Waals surface area contributed by atoms with Crippen LogP contribution in [0.5, 0.6) is 5.75 Å². The van der Waals surface area contributed by atoms with Crippen molar-refractivity contribution >= 4 is 11.6 Å². The molecule has 134 valence electrons. The zero-order valence-corrected chi connectivity index (χ0v) is 13.7. The average Bonchev–Trinajstić information content (AvgIpc) is 2.58. The summed E-state index contributed by atoms with van der Waals surface area (Å²) in [5, 5.41) is 5.41. The number of benzene rings is 2. The third-order valence-electron chi connectivity index (χ3n) is 3.52. The summed E-state index contributed by atoms with van der Waals surface area (Å²) in [6.07, 6.45) is -3.77. The molecule has 0 aliphatic rings. The highest BCUT2D eigenvalue weighted by molar-refractivity contribution is 5.92. The largest absolute Gasteiger partial charge is 0.496 e. The van der Waals surface area contributed by atoms with Gasteiger partial charge in [-0.25, -0.2) is 0 Å². The van der Waals surface area contributed by atoms with E-state index in [-0.39, 0.29) is 12.2 Å². The van der Waals surface area contributed by atoms with Gasteiger partial charge in [-0.3, -0.25) is 4.79 Å². The second-order valence-corrected chi connectivity index (χ2v) is 5.37. The van der Waals surface area contributed by atoms with Gasteiger partial charge in [-0.05, 0) is 42.8 Å². The fourth-order valence-corrected chi connectivity index (χ4v) is 2.31. The Morgan fingerprint density at radius 1 is 1.12 bits per heavy atom. The van der Waals surface area contributed by atoms with E-state index in [1.54, 1.807) is 7.11 Å². The van der Waals surface area contributed by atoms with Gasteiger partial charge in [0.05, 0.1) is 19.2 Å². The Morgan fingerprint density at radius 3 is 2.60 bits per heavy atom. The van der Waals surface area contributed by atoms with Crippen LogP contribution in [0.25, 0.3) is 0 Å². The number of halogens is 3. The van der Waals surface area contributed by atoms with Crippen molar-refractivity contribution in [2.75, 3.05) is 25.5 Å². The minimum absolute atomic E-state index is 0.00535. The quantitative estimate of drug-likeness (QED) is 0.750. The molecule has 2 aromatic rings. The van der Waals surface area contributed by atoms with E-state index in [0.29, 0.717) is 13.0 Å². The molecule has 0 radical (unpaired) electrons. The molecule has 0 saturated heterocycles. The number of carbonyl (C=O) groups excluding carboxylic acids is 1. The van der Waals surface area contributed by atoms with Gasteiger partial charge in [-0.15, -0.1) is 0 Å². The van der Waals surface area contributed by atoms with E-state index in [2.05, 4.69) is 10.6 Å². The molecule has 0 heterocycles. The lowest BCUT2D eigenvalue weighted by molar-refractivity contribution is -0.137. The van der Waals surface area contributed by atoms with Crippen LogP contribution in [0.3, 0.4) is 0 Å². The first kappa shape index (κ1) is 18.8. The SMILES string of the molecule is COc1ccccc1CCNCC(=O)Nc1cccc(C(F)(F)F)c1. The number of methoxy groups -OCH3 is 1. The molecule has 7 heteroatoms. The number of carbonyl (C=O) groups is 1. The topological polar surface area (TPSA) is 50.4 Å². The highest BCUT2D eigenvalue weighted by Crippen LogP contribution is 2.30. The van der Waals surface area contributed by atoms with E-state index < -0.39 is 17.6 Å². The van der Waals surface area contributed by atoms with Gasteiger partial charge in [0.25, 0.3) is 0 Å². The Balaban J connectivity index is 1.79. The second-order valence-electron chi connectivity index (χ2n) is 5.37. The Kier molecular flexibility index (Phi) is 6.41. The first-order valence-corrected chi connectivity index (χ1v) is 7.70. The molecule has 0 atom stereocenters. The summed E-state index contributed by atoms with van der Waals surface area (Å²) in [5.41, 5.74) is 0.330. The minimum Gasteiger partial charge on any atom is -0.496 e. The average molecular weight is 352 g/mol. The summed E-state index contributed by atoms with van der Waals surface area (Å²) in [4.78, 5) is 11.8. The lowest BCUT2D eigenvalue weighted by Gasteiger charge is -2.11. The highest BCUT2D eigenvalue weighted by atomic mass is 19.4. The van der Waals surface area contributed by atoms with Crippen LogP contribution in [0, 0.1) is 0 Å². The molecular formula is C18H19F3N2O2. The summed E-state index contributed by atoms with van der Waals surface area (Å²) in [6, 6.07) is 12.1. The molecule has 4 nitrogen and oxygen atoms in total. The van der Waals surface area contributed by atoms with Crippen LogP contribution in [-0.2, 0) is 17.4 Å². The summed E-state index contributed by atoms with van der Waals surface area (Å²) < 4.78 is 43.2. The van der Waals surface area contributed by atoms with Gasteiger partial charge < -0.3 is 15.4 Å². The van der Waals surface area contributed by atoms with E-state index in [1.807, 2.05) is 24.3 Å². The summed E-state index contributed by atoms with van der Waals surface area (Å²) in [6.45, 7) is 0.543. The molecule has 0 aliphatic heterocycles. The number of rotatable bonds is 7. The minimum atomic E-state index is -4.44. The Hall–Kier alpha value is -2.54. The summed E-state index contributed by atoms with van der Waals surface area (Å²) in [7, 11) is 1.59. The summed E-state index contributed by atoms with van der Waals surface area (Å²) >= 11 is 0. The van der Waals surface area contributed by atoms with Crippen molar-refractivity contribution in [2.24, 2.45) is 0 Å². The van der Waals surface area contributed by atoms with Crippen molar-refractivity contribution in [3.63, 3.8) is 0 Å². The number of anilines is 1. The predicted octanol–water partition coefficient (Wildman–Crippen LogP) is 3.48. The monoisotopic (exact) mass is 352 g/mol. The third kappa shape index (κ3) is 5.79. The number of ether oxygens (including phenoxy) is 1. The van der Waals surface area contributed by atoms with Crippen LogP contribution in [-0.4, -0.2) is 26.1 Å². The lowest BCUT2D eigenvalue weighted by atomic mass is 10.1. The molecule has 25 heavy (non-hydrogen) atoms.